The maximum Gasteiger partial charge on any atom is 0.0490 e. The summed E-state index contributed by atoms with van der Waals surface area (Å²) in [4.78, 5) is 4.59. The highest BCUT2D eigenvalue weighted by atomic mass is 15.1. The van der Waals surface area contributed by atoms with Gasteiger partial charge in [-0.15, -0.1) is 0 Å². The number of nitrogens with two attached hydrogens (primary N) is 1. The van der Waals surface area contributed by atoms with E-state index in [1.54, 1.807) is 0 Å². The van der Waals surface area contributed by atoms with E-state index in [1.807, 2.05) is 18.2 Å². The summed E-state index contributed by atoms with van der Waals surface area (Å²) in [6.07, 6.45) is 0. The van der Waals surface area contributed by atoms with E-state index in [0.29, 0.717) is 0 Å². The number of nitrogen functional groups attached to an aromatic ring is 1. The van der Waals surface area contributed by atoms with E-state index in [-0.39, 0.29) is 0 Å². The summed E-state index contributed by atoms with van der Waals surface area (Å²) in [5.74, 6) is 0. The van der Waals surface area contributed by atoms with Crippen LogP contribution in [0.15, 0.2) is 152 Å². The summed E-state index contributed by atoms with van der Waals surface area (Å²) in [6, 6.07) is 53.1. The number of benzene rings is 6. The predicted molar refractivity (Wildman–Crippen MR) is 175 cm³/mol. The van der Waals surface area contributed by atoms with Gasteiger partial charge in [0.25, 0.3) is 0 Å². The lowest BCUT2D eigenvalue weighted by Gasteiger charge is -2.28. The Labute approximate surface area is 242 Å². The third-order valence-electron chi connectivity index (χ3n) is 7.46. The third kappa shape index (κ3) is 5.43. The lowest BCUT2D eigenvalue weighted by molar-refractivity contribution is 1.23. The van der Waals surface area contributed by atoms with Gasteiger partial charge >= 0.3 is 0 Å². The smallest absolute Gasteiger partial charge is 0.0490 e. The first kappa shape index (κ1) is 26.0. The molecule has 0 atom stereocenters. The second-order valence-corrected chi connectivity index (χ2v) is 10.3. The average molecular weight is 532 g/mol. The second-order valence-electron chi connectivity index (χ2n) is 10.3. The third-order valence-corrected chi connectivity index (χ3v) is 7.46. The van der Waals surface area contributed by atoms with Gasteiger partial charge in [0.05, 0.1) is 0 Å². The zero-order valence-corrected chi connectivity index (χ0v) is 23.4. The molecular formula is C38H33N3. The van der Waals surface area contributed by atoms with Crippen LogP contribution in [-0.2, 0) is 0 Å². The Bertz CT molecular complexity index is 1690. The molecule has 0 heterocycles. The van der Waals surface area contributed by atoms with Gasteiger partial charge in [-0.1, -0.05) is 78.9 Å². The molecule has 0 aliphatic carbocycles. The van der Waals surface area contributed by atoms with Gasteiger partial charge in [-0.3, -0.25) is 0 Å². The van der Waals surface area contributed by atoms with Gasteiger partial charge in [-0.05, 0) is 109 Å². The molecule has 6 rings (SSSR count). The Morgan fingerprint density at radius 3 is 1.20 bits per heavy atom. The molecule has 3 heteroatoms. The summed E-state index contributed by atoms with van der Waals surface area (Å²) in [6.45, 7) is 4.33. The number of hydrogen-bond acceptors (Lipinski definition) is 3. The highest BCUT2D eigenvalue weighted by molar-refractivity contribution is 5.82. The monoisotopic (exact) mass is 531 g/mol. The molecule has 0 aromatic heterocycles. The molecule has 0 saturated heterocycles. The molecule has 0 aliphatic heterocycles. The van der Waals surface area contributed by atoms with Crippen LogP contribution in [0.1, 0.15) is 11.1 Å². The van der Waals surface area contributed by atoms with E-state index in [9.17, 15) is 0 Å². The molecule has 6 aromatic carbocycles. The molecule has 3 nitrogen and oxygen atoms in total. The minimum absolute atomic E-state index is 0.754. The Morgan fingerprint density at radius 1 is 0.366 bits per heavy atom. The maximum absolute atomic E-state index is 5.98. The van der Waals surface area contributed by atoms with Crippen LogP contribution in [0.4, 0.5) is 39.8 Å². The minimum Gasteiger partial charge on any atom is -0.399 e. The molecule has 0 amide bonds. The maximum atomic E-state index is 5.98. The fourth-order valence-corrected chi connectivity index (χ4v) is 5.29. The summed E-state index contributed by atoms with van der Waals surface area (Å²) >= 11 is 0. The van der Waals surface area contributed by atoms with Crippen LogP contribution in [0.2, 0.25) is 0 Å². The van der Waals surface area contributed by atoms with E-state index in [4.69, 9.17) is 5.73 Å². The van der Waals surface area contributed by atoms with Crippen molar-refractivity contribution >= 4 is 39.8 Å². The fraction of sp³-hybridized carbons (Fsp3) is 0.0526. The van der Waals surface area contributed by atoms with Crippen LogP contribution >= 0.6 is 0 Å². The Kier molecular flexibility index (Phi) is 7.25. The van der Waals surface area contributed by atoms with E-state index >= 15 is 0 Å². The topological polar surface area (TPSA) is 32.5 Å². The van der Waals surface area contributed by atoms with Crippen molar-refractivity contribution in [1.29, 1.82) is 0 Å². The highest BCUT2D eigenvalue weighted by Gasteiger charge is 2.16. The fourth-order valence-electron chi connectivity index (χ4n) is 5.29. The van der Waals surface area contributed by atoms with E-state index in [1.165, 1.54) is 33.6 Å². The molecule has 0 radical (unpaired) electrons. The van der Waals surface area contributed by atoms with E-state index in [2.05, 4.69) is 157 Å². The van der Waals surface area contributed by atoms with E-state index in [0.717, 1.165) is 28.4 Å². The van der Waals surface area contributed by atoms with Crippen LogP contribution in [-0.4, -0.2) is 0 Å². The van der Waals surface area contributed by atoms with Crippen LogP contribution in [0.3, 0.4) is 0 Å². The van der Waals surface area contributed by atoms with Crippen molar-refractivity contribution in [2.24, 2.45) is 0 Å². The van der Waals surface area contributed by atoms with Crippen molar-refractivity contribution in [2.45, 2.75) is 13.8 Å². The van der Waals surface area contributed by atoms with Gasteiger partial charge in [-0.2, -0.15) is 0 Å². The minimum atomic E-state index is 0.754. The van der Waals surface area contributed by atoms with Crippen molar-refractivity contribution in [3.05, 3.63) is 163 Å². The highest BCUT2D eigenvalue weighted by Crippen LogP contribution is 2.39. The van der Waals surface area contributed by atoms with Crippen molar-refractivity contribution in [2.75, 3.05) is 15.5 Å². The average Bonchev–Trinajstić information content (AvgIpc) is 3.01. The molecule has 0 aliphatic rings. The van der Waals surface area contributed by atoms with Crippen molar-refractivity contribution in [3.63, 3.8) is 0 Å². The van der Waals surface area contributed by atoms with Crippen LogP contribution in [0, 0.1) is 13.8 Å². The molecule has 0 unspecified atom stereocenters. The molecule has 0 fully saturated rings. The first-order valence-corrected chi connectivity index (χ1v) is 13.9. The molecule has 2 N–H and O–H groups in total. The first-order valence-electron chi connectivity index (χ1n) is 13.9. The standard InChI is InChI=1S/C38H33N3/c1-28-10-6-8-14-37(28)41(38-15-9-7-11-29(38)2)36-24-18-31(19-25-36)30-16-22-34(23-17-30)40(33-12-4-3-5-13-33)35-26-20-32(39)21-27-35/h3-27H,39H2,1-2H3. The largest absolute Gasteiger partial charge is 0.399 e. The van der Waals surface area contributed by atoms with Gasteiger partial charge in [0.1, 0.15) is 0 Å². The Morgan fingerprint density at radius 2 is 0.732 bits per heavy atom. The van der Waals surface area contributed by atoms with E-state index < -0.39 is 0 Å². The van der Waals surface area contributed by atoms with Crippen molar-refractivity contribution in [1.82, 2.24) is 0 Å². The number of anilines is 7. The van der Waals surface area contributed by atoms with Crippen LogP contribution in [0.25, 0.3) is 11.1 Å². The lowest BCUT2D eigenvalue weighted by atomic mass is 10.0. The van der Waals surface area contributed by atoms with Gasteiger partial charge in [0.15, 0.2) is 0 Å². The van der Waals surface area contributed by atoms with Crippen LogP contribution < -0.4 is 15.5 Å². The van der Waals surface area contributed by atoms with Gasteiger partial charge < -0.3 is 15.5 Å². The summed E-state index contributed by atoms with van der Waals surface area (Å²) in [5.41, 5.74) is 18.3. The molecule has 200 valence electrons. The zero-order valence-electron chi connectivity index (χ0n) is 23.4. The van der Waals surface area contributed by atoms with Gasteiger partial charge in [0.2, 0.25) is 0 Å². The normalized spacial score (nSPS) is 10.8. The molecule has 41 heavy (non-hydrogen) atoms. The molecule has 0 spiro atoms. The summed E-state index contributed by atoms with van der Waals surface area (Å²) < 4.78 is 0. The number of hydrogen-bond donors (Lipinski definition) is 1. The Balaban J connectivity index is 1.33. The van der Waals surface area contributed by atoms with Gasteiger partial charge in [-0.25, -0.2) is 0 Å². The number of para-hydroxylation sites is 3. The lowest BCUT2D eigenvalue weighted by Crippen LogP contribution is -2.12. The second kappa shape index (κ2) is 11.4. The molecule has 6 aromatic rings. The first-order chi connectivity index (χ1) is 20.1. The molecule has 0 saturated carbocycles. The number of rotatable bonds is 7. The zero-order chi connectivity index (χ0) is 28.2. The van der Waals surface area contributed by atoms with Crippen LogP contribution in [0.5, 0.6) is 0 Å². The van der Waals surface area contributed by atoms with Crippen molar-refractivity contribution in [3.8, 4) is 11.1 Å². The molecular weight excluding hydrogens is 498 g/mol. The van der Waals surface area contributed by atoms with Crippen molar-refractivity contribution < 1.29 is 0 Å². The quantitative estimate of drug-likeness (QED) is 0.208. The predicted octanol–water partition coefficient (Wildman–Crippen LogP) is 10.5. The Hall–Kier alpha value is -5.28. The van der Waals surface area contributed by atoms with Gasteiger partial charge in [0, 0.05) is 39.8 Å². The summed E-state index contributed by atoms with van der Waals surface area (Å²) in [7, 11) is 0. The number of aryl methyl sites for hydroxylation is 2. The molecule has 0 bridgehead atoms. The SMILES string of the molecule is Cc1ccccc1N(c1ccc(-c2ccc(N(c3ccccc3)c3ccc(N)cc3)cc2)cc1)c1ccccc1C. The summed E-state index contributed by atoms with van der Waals surface area (Å²) in [5, 5.41) is 0. The number of nitrogens with zero attached hydrogens (tertiary/aromatic N) is 2.